The molecule has 3 aromatic rings. The number of methoxy groups -OCH3 is 1. The number of anilines is 1. The zero-order valence-corrected chi connectivity index (χ0v) is 16.6. The summed E-state index contributed by atoms with van der Waals surface area (Å²) in [5.74, 6) is -0.869. The quantitative estimate of drug-likeness (QED) is 0.406. The number of benzene rings is 2. The predicted octanol–water partition coefficient (Wildman–Crippen LogP) is 4.02. The highest BCUT2D eigenvalue weighted by Gasteiger charge is 2.47. The van der Waals surface area contributed by atoms with Gasteiger partial charge in [0.15, 0.2) is 0 Å². The molecule has 6 heteroatoms. The number of Topliss-reactive ketones (excluding diaryl/α,β-unsaturated/α-hetero) is 1. The zero-order chi connectivity index (χ0) is 21.3. The van der Waals surface area contributed by atoms with Crippen molar-refractivity contribution >= 4 is 23.3 Å². The lowest BCUT2D eigenvalue weighted by Gasteiger charge is -2.24. The number of ether oxygens (including phenoxy) is 1. The molecule has 4 rings (SSSR count). The lowest BCUT2D eigenvalue weighted by atomic mass is 9.94. The fraction of sp³-hybridized carbons (Fsp3) is 0.125. The molecule has 0 bridgehead atoms. The fourth-order valence-corrected chi connectivity index (χ4v) is 3.56. The lowest BCUT2D eigenvalue weighted by Crippen LogP contribution is -2.30. The summed E-state index contributed by atoms with van der Waals surface area (Å²) >= 11 is 0. The van der Waals surface area contributed by atoms with E-state index in [-0.39, 0.29) is 11.3 Å². The molecular formula is C24H20N2O4. The Hall–Kier alpha value is -3.93. The maximum atomic E-state index is 13.0. The highest BCUT2D eigenvalue weighted by Crippen LogP contribution is 2.41. The van der Waals surface area contributed by atoms with E-state index in [0.29, 0.717) is 22.7 Å². The van der Waals surface area contributed by atoms with Crippen LogP contribution >= 0.6 is 0 Å². The summed E-state index contributed by atoms with van der Waals surface area (Å²) in [6, 6.07) is 18.6. The summed E-state index contributed by atoms with van der Waals surface area (Å²) in [6.07, 6.45) is 1.56. The Morgan fingerprint density at radius 2 is 1.80 bits per heavy atom. The number of carbonyl (C=O) groups is 2. The van der Waals surface area contributed by atoms with Crippen LogP contribution in [0, 0.1) is 6.92 Å². The number of aromatic nitrogens is 1. The highest BCUT2D eigenvalue weighted by molar-refractivity contribution is 6.51. The first-order valence-corrected chi connectivity index (χ1v) is 9.44. The number of aliphatic hydroxyl groups excluding tert-OH is 1. The Labute approximate surface area is 174 Å². The van der Waals surface area contributed by atoms with Gasteiger partial charge in [-0.15, -0.1) is 0 Å². The Morgan fingerprint density at radius 1 is 1.03 bits per heavy atom. The summed E-state index contributed by atoms with van der Waals surface area (Å²) in [5.41, 5.74) is 2.16. The van der Waals surface area contributed by atoms with Crippen LogP contribution in [-0.4, -0.2) is 28.9 Å². The van der Waals surface area contributed by atoms with Gasteiger partial charge in [0.1, 0.15) is 17.3 Å². The number of pyridine rings is 1. The summed E-state index contributed by atoms with van der Waals surface area (Å²) in [4.78, 5) is 31.6. The van der Waals surface area contributed by atoms with Crippen LogP contribution in [0.4, 0.5) is 5.82 Å². The summed E-state index contributed by atoms with van der Waals surface area (Å²) in [7, 11) is 1.52. The van der Waals surface area contributed by atoms with Crippen LogP contribution in [0.1, 0.15) is 22.7 Å². The molecule has 0 unspecified atom stereocenters. The molecule has 0 aliphatic carbocycles. The van der Waals surface area contributed by atoms with Gasteiger partial charge in [-0.3, -0.25) is 14.5 Å². The largest absolute Gasteiger partial charge is 0.507 e. The summed E-state index contributed by atoms with van der Waals surface area (Å²) in [5, 5.41) is 11.1. The standard InChI is InChI=1S/C24H20N2O4/c1-15-9-11-16(12-10-15)21-20(22(27)17-6-5-7-18(14-17)30-2)23(28)24(29)26(21)19-8-3-4-13-25-19/h3-14,21,27H,1-2H3/b22-20+/t21-/m1/s1. The van der Waals surface area contributed by atoms with Gasteiger partial charge in [0.25, 0.3) is 5.78 Å². The van der Waals surface area contributed by atoms with Crippen LogP contribution in [0.5, 0.6) is 5.75 Å². The Balaban J connectivity index is 1.94. The third-order valence-corrected chi connectivity index (χ3v) is 5.08. The van der Waals surface area contributed by atoms with Crippen molar-refractivity contribution in [1.82, 2.24) is 4.98 Å². The van der Waals surface area contributed by atoms with E-state index in [1.54, 1.807) is 48.7 Å². The molecule has 1 atom stereocenters. The minimum atomic E-state index is -0.799. The van der Waals surface area contributed by atoms with Crippen molar-refractivity contribution < 1.29 is 19.4 Å². The first-order chi connectivity index (χ1) is 14.5. The van der Waals surface area contributed by atoms with Gasteiger partial charge in [-0.1, -0.05) is 48.0 Å². The van der Waals surface area contributed by atoms with Crippen molar-refractivity contribution in [2.75, 3.05) is 12.0 Å². The molecule has 1 saturated heterocycles. The molecule has 30 heavy (non-hydrogen) atoms. The van der Waals surface area contributed by atoms with Gasteiger partial charge in [-0.25, -0.2) is 4.98 Å². The van der Waals surface area contributed by atoms with Gasteiger partial charge in [-0.2, -0.15) is 0 Å². The molecule has 150 valence electrons. The van der Waals surface area contributed by atoms with Crippen LogP contribution in [0.2, 0.25) is 0 Å². The second-order valence-corrected chi connectivity index (χ2v) is 7.00. The molecule has 0 saturated carbocycles. The van der Waals surface area contributed by atoms with Crippen LogP contribution in [0.15, 0.2) is 78.5 Å². The maximum absolute atomic E-state index is 13.0. The van der Waals surface area contributed by atoms with Gasteiger partial charge in [0.2, 0.25) is 0 Å². The zero-order valence-electron chi connectivity index (χ0n) is 16.6. The molecule has 6 nitrogen and oxygen atoms in total. The van der Waals surface area contributed by atoms with E-state index in [0.717, 1.165) is 5.56 Å². The van der Waals surface area contributed by atoms with Crippen LogP contribution in [0.25, 0.3) is 5.76 Å². The Kier molecular flexibility index (Phi) is 5.06. The third-order valence-electron chi connectivity index (χ3n) is 5.08. The molecule has 1 aliphatic heterocycles. The molecule has 2 aromatic carbocycles. The van der Waals surface area contributed by atoms with Crippen LogP contribution in [0.3, 0.4) is 0 Å². The third kappa shape index (κ3) is 3.33. The van der Waals surface area contributed by atoms with E-state index in [1.807, 2.05) is 31.2 Å². The van der Waals surface area contributed by atoms with Crippen molar-refractivity contribution in [3.8, 4) is 5.75 Å². The Bertz CT molecular complexity index is 1140. The summed E-state index contributed by atoms with van der Waals surface area (Å²) < 4.78 is 5.22. The van der Waals surface area contributed by atoms with Crippen molar-refractivity contribution in [2.45, 2.75) is 13.0 Å². The molecule has 1 aliphatic rings. The van der Waals surface area contributed by atoms with Crippen LogP contribution in [-0.2, 0) is 9.59 Å². The molecule has 2 heterocycles. The molecule has 1 aromatic heterocycles. The first kappa shape index (κ1) is 19.4. The van der Waals surface area contributed by atoms with Crippen LogP contribution < -0.4 is 9.64 Å². The first-order valence-electron chi connectivity index (χ1n) is 9.44. The second kappa shape index (κ2) is 7.83. The minimum Gasteiger partial charge on any atom is -0.507 e. The van der Waals surface area contributed by atoms with E-state index in [2.05, 4.69) is 4.98 Å². The van der Waals surface area contributed by atoms with Gasteiger partial charge in [0, 0.05) is 11.8 Å². The van der Waals surface area contributed by atoms with E-state index >= 15 is 0 Å². The smallest absolute Gasteiger partial charge is 0.301 e. The second-order valence-electron chi connectivity index (χ2n) is 7.00. The van der Waals surface area contributed by atoms with Crippen molar-refractivity contribution in [3.63, 3.8) is 0 Å². The molecular weight excluding hydrogens is 380 g/mol. The maximum Gasteiger partial charge on any atom is 0.301 e. The molecule has 1 N–H and O–H groups in total. The van der Waals surface area contributed by atoms with Gasteiger partial charge in [0.05, 0.1) is 18.7 Å². The molecule has 1 amide bonds. The topological polar surface area (TPSA) is 79.7 Å². The monoisotopic (exact) mass is 400 g/mol. The number of hydrogen-bond acceptors (Lipinski definition) is 5. The Morgan fingerprint density at radius 3 is 2.47 bits per heavy atom. The fourth-order valence-electron chi connectivity index (χ4n) is 3.56. The van der Waals surface area contributed by atoms with Gasteiger partial charge in [-0.05, 0) is 36.8 Å². The number of hydrogen-bond donors (Lipinski definition) is 1. The minimum absolute atomic E-state index is 0.0164. The van der Waals surface area contributed by atoms with Gasteiger partial charge < -0.3 is 9.84 Å². The number of nitrogens with zero attached hydrogens (tertiary/aromatic N) is 2. The van der Waals surface area contributed by atoms with E-state index in [9.17, 15) is 14.7 Å². The number of ketones is 1. The predicted molar refractivity (Wildman–Crippen MR) is 113 cm³/mol. The number of aliphatic hydroxyl groups is 1. The lowest BCUT2D eigenvalue weighted by molar-refractivity contribution is -0.132. The SMILES string of the molecule is COc1cccc(/C(O)=C2\C(=O)C(=O)N(c3ccccn3)[C@@H]2c2ccc(C)cc2)c1. The highest BCUT2D eigenvalue weighted by atomic mass is 16.5. The number of amides is 1. The average Bonchev–Trinajstić information content (AvgIpc) is 3.05. The van der Waals surface area contributed by atoms with E-state index < -0.39 is 17.7 Å². The van der Waals surface area contributed by atoms with E-state index in [4.69, 9.17) is 4.74 Å². The van der Waals surface area contributed by atoms with Crippen molar-refractivity contribution in [2.24, 2.45) is 0 Å². The summed E-state index contributed by atoms with van der Waals surface area (Å²) in [6.45, 7) is 1.95. The number of rotatable bonds is 4. The average molecular weight is 400 g/mol. The van der Waals surface area contributed by atoms with Crippen molar-refractivity contribution in [3.05, 3.63) is 95.2 Å². The normalized spacial score (nSPS) is 17.9. The number of aryl methyl sites for hydroxylation is 1. The molecule has 1 fully saturated rings. The molecule has 0 spiro atoms. The van der Waals surface area contributed by atoms with E-state index in [1.165, 1.54) is 12.0 Å². The van der Waals surface area contributed by atoms with Gasteiger partial charge >= 0.3 is 5.91 Å². The molecule has 0 radical (unpaired) electrons. The number of carbonyl (C=O) groups excluding carboxylic acids is 2. The van der Waals surface area contributed by atoms with Crippen molar-refractivity contribution in [1.29, 1.82) is 0 Å².